The first-order valence-electron chi connectivity index (χ1n) is 9.68. The third kappa shape index (κ3) is 4.43. The van der Waals surface area contributed by atoms with Gasteiger partial charge in [0.15, 0.2) is 16.8 Å². The van der Waals surface area contributed by atoms with Crippen LogP contribution in [0.4, 0.5) is 24.5 Å². The number of pyridine rings is 1. The number of urea groups is 1. The van der Waals surface area contributed by atoms with Crippen LogP contribution >= 0.6 is 11.3 Å². The first-order valence-corrected chi connectivity index (χ1v) is 10.5. The van der Waals surface area contributed by atoms with Crippen LogP contribution < -0.4 is 10.2 Å². The van der Waals surface area contributed by atoms with E-state index in [4.69, 9.17) is 5.11 Å². The van der Waals surface area contributed by atoms with Crippen molar-refractivity contribution in [3.05, 3.63) is 47.7 Å². The lowest BCUT2D eigenvalue weighted by Gasteiger charge is -2.40. The van der Waals surface area contributed by atoms with Gasteiger partial charge in [0.1, 0.15) is 11.9 Å². The number of carbonyl (C=O) groups excluding carboxylic acids is 1. The molecule has 2 atom stereocenters. The maximum absolute atomic E-state index is 14.6. The minimum Gasteiger partial charge on any atom is -0.393 e. The van der Waals surface area contributed by atoms with E-state index in [1.165, 1.54) is 29.7 Å². The van der Waals surface area contributed by atoms with Crippen LogP contribution in [0, 0.1) is 11.6 Å². The van der Waals surface area contributed by atoms with Gasteiger partial charge in [0.25, 0.3) is 0 Å². The number of aliphatic hydroxyl groups is 2. The Labute approximate surface area is 180 Å². The molecule has 11 heteroatoms. The number of halogens is 2. The van der Waals surface area contributed by atoms with Crippen molar-refractivity contribution in [3.8, 4) is 0 Å². The minimum absolute atomic E-state index is 0.134. The van der Waals surface area contributed by atoms with Crippen molar-refractivity contribution in [3.63, 3.8) is 0 Å². The van der Waals surface area contributed by atoms with E-state index in [1.54, 1.807) is 15.9 Å². The number of piperazine rings is 1. The standard InChI is InChI=1S/C20H21F2N5O3S/c1-11-9-26(20(30)25-19-24-15-7-13(21)2-3-17(15)31-19)4-5-27(11)18-14(22)6-12(8-23-18)16(29)10-28/h2-3,6-8,11,16,28-29H,4-5,9-10H2,1H3,(H,24,25,30)/t11-,16-/m0/s1. The molecule has 1 aliphatic heterocycles. The van der Waals surface area contributed by atoms with Gasteiger partial charge in [-0.25, -0.2) is 23.5 Å². The normalized spacial score (nSPS) is 17.8. The number of anilines is 2. The second-order valence-corrected chi connectivity index (χ2v) is 8.35. The second kappa shape index (κ2) is 8.69. The van der Waals surface area contributed by atoms with E-state index in [-0.39, 0.29) is 29.3 Å². The van der Waals surface area contributed by atoms with Gasteiger partial charge in [-0.15, -0.1) is 0 Å². The van der Waals surface area contributed by atoms with Crippen LogP contribution in [0.2, 0.25) is 0 Å². The van der Waals surface area contributed by atoms with Gasteiger partial charge in [0, 0.05) is 43.5 Å². The molecule has 2 amide bonds. The predicted octanol–water partition coefficient (Wildman–Crippen LogP) is 2.74. The zero-order valence-electron chi connectivity index (χ0n) is 16.6. The number of aliphatic hydroxyl groups excluding tert-OH is 2. The topological polar surface area (TPSA) is 102 Å². The van der Waals surface area contributed by atoms with Crippen LogP contribution in [0.3, 0.4) is 0 Å². The molecule has 3 N–H and O–H groups in total. The summed E-state index contributed by atoms with van der Waals surface area (Å²) in [7, 11) is 0. The highest BCUT2D eigenvalue weighted by molar-refractivity contribution is 7.22. The summed E-state index contributed by atoms with van der Waals surface area (Å²) in [4.78, 5) is 24.4. The van der Waals surface area contributed by atoms with E-state index in [9.17, 15) is 18.7 Å². The molecule has 0 bridgehead atoms. The molecular formula is C20H21F2N5O3S. The Morgan fingerprint density at radius 2 is 2.16 bits per heavy atom. The molecule has 4 rings (SSSR count). The van der Waals surface area contributed by atoms with Crippen molar-refractivity contribution in [2.45, 2.75) is 19.1 Å². The van der Waals surface area contributed by atoms with Crippen molar-refractivity contribution in [2.75, 3.05) is 36.5 Å². The van der Waals surface area contributed by atoms with Crippen molar-refractivity contribution in [2.24, 2.45) is 0 Å². The van der Waals surface area contributed by atoms with E-state index in [0.29, 0.717) is 30.3 Å². The number of benzene rings is 1. The number of aromatic nitrogens is 2. The number of carbonyl (C=O) groups is 1. The molecule has 0 aliphatic carbocycles. The van der Waals surface area contributed by atoms with Gasteiger partial charge < -0.3 is 20.0 Å². The first-order chi connectivity index (χ1) is 14.9. The van der Waals surface area contributed by atoms with E-state index < -0.39 is 18.5 Å². The molecule has 0 spiro atoms. The highest BCUT2D eigenvalue weighted by atomic mass is 32.1. The summed E-state index contributed by atoms with van der Waals surface area (Å²) < 4.78 is 28.7. The fourth-order valence-corrected chi connectivity index (χ4v) is 4.36. The third-order valence-electron chi connectivity index (χ3n) is 5.15. The van der Waals surface area contributed by atoms with E-state index in [1.807, 2.05) is 6.92 Å². The Morgan fingerprint density at radius 3 is 2.87 bits per heavy atom. The van der Waals surface area contributed by atoms with Gasteiger partial charge in [-0.05, 0) is 25.1 Å². The van der Waals surface area contributed by atoms with E-state index in [2.05, 4.69) is 15.3 Å². The van der Waals surface area contributed by atoms with Crippen molar-refractivity contribution < 1.29 is 23.8 Å². The molecule has 2 aromatic heterocycles. The van der Waals surface area contributed by atoms with Crippen molar-refractivity contribution >= 4 is 38.5 Å². The molecule has 8 nitrogen and oxygen atoms in total. The maximum Gasteiger partial charge on any atom is 0.323 e. The third-order valence-corrected chi connectivity index (χ3v) is 6.10. The summed E-state index contributed by atoms with van der Waals surface area (Å²) >= 11 is 1.26. The molecule has 3 aromatic rings. The van der Waals surface area contributed by atoms with E-state index in [0.717, 1.165) is 10.8 Å². The Hall–Kier alpha value is -2.89. The summed E-state index contributed by atoms with van der Waals surface area (Å²) in [5.41, 5.74) is 0.680. The first kappa shape index (κ1) is 21.3. The predicted molar refractivity (Wildman–Crippen MR) is 113 cm³/mol. The molecule has 31 heavy (non-hydrogen) atoms. The lowest BCUT2D eigenvalue weighted by Crippen LogP contribution is -2.55. The number of nitrogens with zero attached hydrogens (tertiary/aromatic N) is 4. The smallest absolute Gasteiger partial charge is 0.323 e. The molecule has 1 saturated heterocycles. The van der Waals surface area contributed by atoms with Crippen LogP contribution in [0.15, 0.2) is 30.5 Å². The molecule has 164 valence electrons. The van der Waals surface area contributed by atoms with Crippen LogP contribution in [0.25, 0.3) is 10.2 Å². The summed E-state index contributed by atoms with van der Waals surface area (Å²) in [5, 5.41) is 21.8. The number of rotatable bonds is 4. The zero-order chi connectivity index (χ0) is 22.1. The Bertz CT molecular complexity index is 1110. The lowest BCUT2D eigenvalue weighted by molar-refractivity contribution is 0.0951. The van der Waals surface area contributed by atoms with Crippen LogP contribution in [-0.4, -0.2) is 63.4 Å². The Kier molecular flexibility index (Phi) is 5.99. The molecule has 0 unspecified atom stereocenters. The highest BCUT2D eigenvalue weighted by Crippen LogP contribution is 2.28. The molecule has 0 radical (unpaired) electrons. The number of fused-ring (bicyclic) bond motifs is 1. The number of nitrogens with one attached hydrogen (secondary N) is 1. The van der Waals surface area contributed by atoms with Crippen LogP contribution in [0.5, 0.6) is 0 Å². The van der Waals surface area contributed by atoms with E-state index >= 15 is 0 Å². The second-order valence-electron chi connectivity index (χ2n) is 7.32. The zero-order valence-corrected chi connectivity index (χ0v) is 17.4. The number of thiazole rings is 1. The average Bonchev–Trinajstić information content (AvgIpc) is 3.14. The SMILES string of the molecule is C[C@H]1CN(C(=O)Nc2nc3cc(F)ccc3s2)CCN1c1ncc([C@@H](O)CO)cc1F. The van der Waals surface area contributed by atoms with Gasteiger partial charge in [-0.2, -0.15) is 0 Å². The summed E-state index contributed by atoms with van der Waals surface area (Å²) in [6, 6.07) is 4.89. The summed E-state index contributed by atoms with van der Waals surface area (Å²) in [5.74, 6) is -0.855. The Balaban J connectivity index is 1.42. The van der Waals surface area contributed by atoms with Crippen LogP contribution in [0.1, 0.15) is 18.6 Å². The van der Waals surface area contributed by atoms with Crippen LogP contribution in [-0.2, 0) is 0 Å². The fourth-order valence-electron chi connectivity index (χ4n) is 3.53. The molecule has 1 fully saturated rings. The number of hydrogen-bond donors (Lipinski definition) is 3. The maximum atomic E-state index is 14.6. The van der Waals surface area contributed by atoms with Gasteiger partial charge in [0.2, 0.25) is 0 Å². The molecule has 1 aromatic carbocycles. The van der Waals surface area contributed by atoms with Gasteiger partial charge in [-0.1, -0.05) is 11.3 Å². The average molecular weight is 449 g/mol. The molecule has 3 heterocycles. The fraction of sp³-hybridized carbons (Fsp3) is 0.350. The van der Waals surface area contributed by atoms with Crippen molar-refractivity contribution in [1.29, 1.82) is 0 Å². The molecule has 0 saturated carbocycles. The molecule has 1 aliphatic rings. The minimum atomic E-state index is -1.19. The largest absolute Gasteiger partial charge is 0.393 e. The molecular weight excluding hydrogens is 428 g/mol. The highest BCUT2D eigenvalue weighted by Gasteiger charge is 2.30. The van der Waals surface area contributed by atoms with Gasteiger partial charge in [-0.3, -0.25) is 5.32 Å². The monoisotopic (exact) mass is 449 g/mol. The lowest BCUT2D eigenvalue weighted by atomic mass is 10.1. The number of amides is 2. The number of hydrogen-bond acceptors (Lipinski definition) is 7. The Morgan fingerprint density at radius 1 is 1.35 bits per heavy atom. The summed E-state index contributed by atoms with van der Waals surface area (Å²) in [6.45, 7) is 2.39. The van der Waals surface area contributed by atoms with Gasteiger partial charge in [0.05, 0.1) is 16.8 Å². The summed E-state index contributed by atoms with van der Waals surface area (Å²) in [6.07, 6.45) is 0.147. The quantitative estimate of drug-likeness (QED) is 0.566. The van der Waals surface area contributed by atoms with Crippen molar-refractivity contribution in [1.82, 2.24) is 14.9 Å². The van der Waals surface area contributed by atoms with Gasteiger partial charge >= 0.3 is 6.03 Å².